The maximum atomic E-state index is 12.5. The minimum absolute atomic E-state index is 0.0721. The van der Waals surface area contributed by atoms with Gasteiger partial charge in [-0.1, -0.05) is 42.0 Å². The minimum atomic E-state index is -0.243. The summed E-state index contributed by atoms with van der Waals surface area (Å²) < 4.78 is 13.6. The Labute approximate surface area is 167 Å². The lowest BCUT2D eigenvalue weighted by Crippen LogP contribution is -2.41. The zero-order chi connectivity index (χ0) is 19.5. The summed E-state index contributed by atoms with van der Waals surface area (Å²) in [6.07, 6.45) is -0.243. The molecule has 3 aromatic rings. The molecule has 1 atom stereocenters. The summed E-state index contributed by atoms with van der Waals surface area (Å²) in [4.78, 5) is 12.5. The van der Waals surface area contributed by atoms with Gasteiger partial charge in [0.15, 0.2) is 22.1 Å². The fourth-order valence-corrected chi connectivity index (χ4v) is 3.17. The zero-order valence-corrected chi connectivity index (χ0v) is 16.2. The van der Waals surface area contributed by atoms with Gasteiger partial charge in [-0.3, -0.25) is 14.5 Å². The van der Waals surface area contributed by atoms with Crippen LogP contribution in [0, 0.1) is 11.7 Å². The zero-order valence-electron chi connectivity index (χ0n) is 15.3. The van der Waals surface area contributed by atoms with Gasteiger partial charge in [0.2, 0.25) is 5.91 Å². The number of aromatic nitrogens is 3. The molecule has 2 aromatic carbocycles. The van der Waals surface area contributed by atoms with E-state index in [1.165, 1.54) is 0 Å². The number of fused-ring (bicyclic) bond motifs is 1. The van der Waals surface area contributed by atoms with Crippen LogP contribution in [-0.2, 0) is 11.3 Å². The molecular formula is C20H20N4O3S. The largest absolute Gasteiger partial charge is 0.486 e. The number of amides is 1. The van der Waals surface area contributed by atoms with E-state index in [1.54, 1.807) is 4.57 Å². The Morgan fingerprint density at radius 2 is 2.00 bits per heavy atom. The summed E-state index contributed by atoms with van der Waals surface area (Å²) in [6.45, 7) is 2.82. The molecule has 1 aromatic heterocycles. The van der Waals surface area contributed by atoms with Crippen LogP contribution in [0.2, 0.25) is 0 Å². The maximum Gasteiger partial charge on any atom is 0.240 e. The second kappa shape index (κ2) is 7.85. The molecule has 0 radical (unpaired) electrons. The van der Waals surface area contributed by atoms with Crippen LogP contribution in [0.5, 0.6) is 11.5 Å². The summed E-state index contributed by atoms with van der Waals surface area (Å²) >= 11 is 5.29. The van der Waals surface area contributed by atoms with E-state index in [9.17, 15) is 4.79 Å². The third-order valence-corrected chi connectivity index (χ3v) is 4.78. The molecule has 144 valence electrons. The third kappa shape index (κ3) is 3.91. The fraction of sp³-hybridized carbons (Fsp3) is 0.250. The van der Waals surface area contributed by atoms with Crippen molar-refractivity contribution in [1.29, 1.82) is 0 Å². The molecule has 4 rings (SSSR count). The van der Waals surface area contributed by atoms with E-state index in [-0.39, 0.29) is 18.6 Å². The van der Waals surface area contributed by atoms with Gasteiger partial charge in [-0.05, 0) is 31.3 Å². The number of aryl methyl sites for hydroxylation is 1. The van der Waals surface area contributed by atoms with Crippen molar-refractivity contribution in [3.8, 4) is 22.9 Å². The molecule has 7 nitrogen and oxygen atoms in total. The van der Waals surface area contributed by atoms with Gasteiger partial charge in [-0.15, -0.1) is 0 Å². The van der Waals surface area contributed by atoms with Crippen LogP contribution in [0.15, 0.2) is 48.5 Å². The minimum Gasteiger partial charge on any atom is -0.486 e. The number of nitrogens with one attached hydrogen (secondary N) is 2. The van der Waals surface area contributed by atoms with Crippen molar-refractivity contribution >= 4 is 18.1 Å². The van der Waals surface area contributed by atoms with Gasteiger partial charge in [0.1, 0.15) is 19.3 Å². The number of carbonyl (C=O) groups excluding carboxylic acids is 1. The van der Waals surface area contributed by atoms with Crippen molar-refractivity contribution in [3.05, 3.63) is 58.9 Å². The Bertz CT molecular complexity index is 1040. The van der Waals surface area contributed by atoms with E-state index in [2.05, 4.69) is 15.5 Å². The van der Waals surface area contributed by atoms with Crippen LogP contribution in [0.1, 0.15) is 5.56 Å². The Morgan fingerprint density at radius 1 is 1.25 bits per heavy atom. The highest BCUT2D eigenvalue weighted by molar-refractivity contribution is 7.71. The van der Waals surface area contributed by atoms with Gasteiger partial charge in [-0.2, -0.15) is 5.10 Å². The number of rotatable bonds is 5. The molecule has 1 aliphatic heterocycles. The monoisotopic (exact) mass is 396 g/mol. The molecule has 0 spiro atoms. The lowest BCUT2D eigenvalue weighted by molar-refractivity contribution is -0.122. The molecule has 1 aliphatic rings. The first kappa shape index (κ1) is 18.2. The van der Waals surface area contributed by atoms with E-state index in [4.69, 9.17) is 21.7 Å². The topological polar surface area (TPSA) is 81.2 Å². The van der Waals surface area contributed by atoms with E-state index in [1.807, 2.05) is 55.5 Å². The number of H-pyrrole nitrogens is 1. The average Bonchev–Trinajstić information content (AvgIpc) is 3.07. The highest BCUT2D eigenvalue weighted by atomic mass is 32.1. The van der Waals surface area contributed by atoms with Crippen LogP contribution in [0.3, 0.4) is 0 Å². The Hall–Kier alpha value is -3.13. The summed E-state index contributed by atoms with van der Waals surface area (Å²) in [6, 6.07) is 15.4. The first-order valence-electron chi connectivity index (χ1n) is 8.97. The molecule has 28 heavy (non-hydrogen) atoms. The van der Waals surface area contributed by atoms with Crippen LogP contribution >= 0.6 is 12.2 Å². The molecular weight excluding hydrogens is 376 g/mol. The second-order valence-corrected chi connectivity index (χ2v) is 6.99. The van der Waals surface area contributed by atoms with Crippen molar-refractivity contribution < 1.29 is 14.3 Å². The molecule has 0 aliphatic carbocycles. The average molecular weight is 396 g/mol. The quantitative estimate of drug-likeness (QED) is 0.648. The Morgan fingerprint density at radius 3 is 2.79 bits per heavy atom. The first-order chi connectivity index (χ1) is 13.6. The molecule has 1 amide bonds. The smallest absolute Gasteiger partial charge is 0.240 e. The molecule has 0 saturated heterocycles. The number of nitrogens with zero attached hydrogens (tertiary/aromatic N) is 2. The molecule has 2 N–H and O–H groups in total. The van der Waals surface area contributed by atoms with Gasteiger partial charge >= 0.3 is 0 Å². The summed E-state index contributed by atoms with van der Waals surface area (Å²) in [5.74, 6) is 1.86. The molecule has 0 fully saturated rings. The van der Waals surface area contributed by atoms with E-state index in [0.717, 1.165) is 16.9 Å². The van der Waals surface area contributed by atoms with Crippen LogP contribution in [-0.4, -0.2) is 39.9 Å². The molecule has 0 bridgehead atoms. The molecule has 8 heteroatoms. The number of hydrogen-bond donors (Lipinski definition) is 2. The highest BCUT2D eigenvalue weighted by Crippen LogP contribution is 2.30. The van der Waals surface area contributed by atoms with E-state index < -0.39 is 0 Å². The van der Waals surface area contributed by atoms with Crippen molar-refractivity contribution in [2.75, 3.05) is 13.2 Å². The summed E-state index contributed by atoms with van der Waals surface area (Å²) in [7, 11) is 0. The number of hydrogen-bond acceptors (Lipinski definition) is 5. The molecule has 1 unspecified atom stereocenters. The van der Waals surface area contributed by atoms with Gasteiger partial charge in [0, 0.05) is 5.56 Å². The number of aromatic amines is 1. The number of carbonyl (C=O) groups is 1. The molecule has 2 heterocycles. The summed E-state index contributed by atoms with van der Waals surface area (Å²) in [5, 5.41) is 9.91. The Kier molecular flexibility index (Phi) is 5.12. The highest BCUT2D eigenvalue weighted by Gasteiger charge is 2.21. The number of ether oxygens (including phenoxy) is 2. The van der Waals surface area contributed by atoms with Crippen molar-refractivity contribution in [2.24, 2.45) is 0 Å². The van der Waals surface area contributed by atoms with Gasteiger partial charge < -0.3 is 14.8 Å². The van der Waals surface area contributed by atoms with Crippen molar-refractivity contribution in [3.63, 3.8) is 0 Å². The predicted molar refractivity (Wildman–Crippen MR) is 107 cm³/mol. The normalized spacial score (nSPS) is 15.2. The van der Waals surface area contributed by atoms with E-state index in [0.29, 0.717) is 29.5 Å². The van der Waals surface area contributed by atoms with Gasteiger partial charge in [0.25, 0.3) is 0 Å². The molecule has 0 saturated carbocycles. The fourth-order valence-electron chi connectivity index (χ4n) is 2.98. The third-order valence-electron chi connectivity index (χ3n) is 4.46. The standard InChI is InChI=1S/C20H20N4O3S/c1-13-6-8-14(9-7-13)19-22-23-20(28)24(19)11-18(25)21-10-15-12-26-16-4-2-3-5-17(16)27-15/h2-9,15H,10-12H2,1H3,(H,21,25)(H,23,28). The van der Waals surface area contributed by atoms with E-state index >= 15 is 0 Å². The first-order valence-corrected chi connectivity index (χ1v) is 9.38. The van der Waals surface area contributed by atoms with Crippen LogP contribution < -0.4 is 14.8 Å². The predicted octanol–water partition coefficient (Wildman–Crippen LogP) is 2.87. The maximum absolute atomic E-state index is 12.5. The van der Waals surface area contributed by atoms with Crippen LogP contribution in [0.4, 0.5) is 0 Å². The van der Waals surface area contributed by atoms with Gasteiger partial charge in [0.05, 0.1) is 6.54 Å². The van der Waals surface area contributed by atoms with Gasteiger partial charge in [-0.25, -0.2) is 0 Å². The SMILES string of the molecule is Cc1ccc(-c2n[nH]c(=S)n2CC(=O)NCC2COc3ccccc3O2)cc1. The van der Waals surface area contributed by atoms with Crippen molar-refractivity contribution in [1.82, 2.24) is 20.1 Å². The Balaban J connectivity index is 1.39. The lowest BCUT2D eigenvalue weighted by Gasteiger charge is -2.26. The lowest BCUT2D eigenvalue weighted by atomic mass is 10.1. The second-order valence-electron chi connectivity index (χ2n) is 6.61. The number of benzene rings is 2. The summed E-state index contributed by atoms with van der Waals surface area (Å²) in [5.41, 5.74) is 2.05. The van der Waals surface area contributed by atoms with Crippen LogP contribution in [0.25, 0.3) is 11.4 Å². The van der Waals surface area contributed by atoms with Crippen molar-refractivity contribution in [2.45, 2.75) is 19.6 Å². The number of para-hydroxylation sites is 2.